The second kappa shape index (κ2) is 11.5. The van der Waals surface area contributed by atoms with Gasteiger partial charge in [0, 0.05) is 31.6 Å². The van der Waals surface area contributed by atoms with E-state index in [1.807, 2.05) is 12.1 Å². The van der Waals surface area contributed by atoms with Crippen LogP contribution in [-0.4, -0.2) is 61.3 Å². The van der Waals surface area contributed by atoms with Gasteiger partial charge in [0.25, 0.3) is 0 Å². The largest absolute Gasteiger partial charge is 0.416 e. The Morgan fingerprint density at radius 2 is 1.76 bits per heavy atom. The van der Waals surface area contributed by atoms with E-state index in [-0.39, 0.29) is 58.6 Å². The van der Waals surface area contributed by atoms with E-state index in [4.69, 9.17) is 0 Å². The lowest BCUT2D eigenvalue weighted by Gasteiger charge is -2.43. The second-order valence-electron chi connectivity index (χ2n) is 10.1. The zero-order chi connectivity index (χ0) is 31.0. The summed E-state index contributed by atoms with van der Waals surface area (Å²) in [6.45, 7) is 1.50. The highest BCUT2D eigenvalue weighted by atomic mass is 32.2. The van der Waals surface area contributed by atoms with E-state index >= 15 is 0 Å². The summed E-state index contributed by atoms with van der Waals surface area (Å²) >= 11 is 0. The Labute approximate surface area is 240 Å². The van der Waals surface area contributed by atoms with Crippen LogP contribution in [-0.2, 0) is 16.0 Å². The Hall–Kier alpha value is -4.40. The molecule has 220 valence electrons. The maximum absolute atomic E-state index is 14.2. The Bertz CT molecular complexity index is 1650. The number of imide groups is 1. The van der Waals surface area contributed by atoms with Crippen molar-refractivity contribution in [2.75, 3.05) is 30.9 Å². The highest BCUT2D eigenvalue weighted by molar-refractivity contribution is 7.90. The zero-order valence-electron chi connectivity index (χ0n) is 22.6. The van der Waals surface area contributed by atoms with Gasteiger partial charge in [0.1, 0.15) is 6.04 Å². The minimum absolute atomic E-state index is 0.0185. The molecule has 1 atom stereocenters. The molecule has 0 aliphatic carbocycles. The van der Waals surface area contributed by atoms with E-state index in [2.05, 4.69) is 0 Å². The van der Waals surface area contributed by atoms with E-state index in [0.29, 0.717) is 17.7 Å². The number of likely N-dealkylation sites (tertiary alicyclic amines) is 1. The normalized spacial score (nSPS) is 18.6. The number of alkyl halides is 3. The van der Waals surface area contributed by atoms with Crippen LogP contribution in [0, 0.1) is 28.6 Å². The van der Waals surface area contributed by atoms with Crippen molar-refractivity contribution in [3.8, 4) is 12.1 Å². The van der Waals surface area contributed by atoms with Crippen LogP contribution in [0.2, 0.25) is 0 Å². The van der Waals surface area contributed by atoms with Crippen LogP contribution < -0.4 is 4.90 Å². The minimum Gasteiger partial charge on any atom is -0.396 e. The molecule has 1 saturated heterocycles. The number of amides is 4. The number of piperidine rings is 1. The van der Waals surface area contributed by atoms with Crippen LogP contribution in [0.1, 0.15) is 42.5 Å². The average Bonchev–Trinajstić information content (AvgIpc) is 2.95. The molecule has 2 aliphatic rings. The number of hydrogen-bond acceptors (Lipinski definition) is 7. The summed E-state index contributed by atoms with van der Waals surface area (Å²) in [4.78, 5) is 30.6. The fourth-order valence-corrected chi connectivity index (χ4v) is 6.12. The molecule has 0 saturated carbocycles. The Morgan fingerprint density at radius 3 is 2.31 bits per heavy atom. The number of nitriles is 2. The maximum atomic E-state index is 14.2. The number of anilines is 1. The van der Waals surface area contributed by atoms with Crippen molar-refractivity contribution >= 4 is 27.6 Å². The van der Waals surface area contributed by atoms with Crippen molar-refractivity contribution < 1.29 is 36.3 Å². The van der Waals surface area contributed by atoms with E-state index < -0.39 is 39.7 Å². The fourth-order valence-electron chi connectivity index (χ4n) is 5.17. The predicted octanol–water partition coefficient (Wildman–Crippen LogP) is 4.59. The number of sulfone groups is 1. The monoisotopic (exact) mass is 601 g/mol. The van der Waals surface area contributed by atoms with Crippen LogP contribution in [0.4, 0.5) is 28.4 Å². The first kappa shape index (κ1) is 30.6. The summed E-state index contributed by atoms with van der Waals surface area (Å²) in [5, 5.41) is 29.2. The molecule has 1 fully saturated rings. The number of aliphatic hydroxyl groups is 1. The molecule has 2 aromatic carbocycles. The number of aliphatic hydroxyl groups excluding tert-OH is 1. The van der Waals surface area contributed by atoms with Gasteiger partial charge in [0.2, 0.25) is 0 Å². The first-order valence-electron chi connectivity index (χ1n) is 12.8. The number of halogens is 3. The van der Waals surface area contributed by atoms with Gasteiger partial charge in [-0.2, -0.15) is 23.7 Å². The van der Waals surface area contributed by atoms with Crippen molar-refractivity contribution in [2.45, 2.75) is 36.9 Å². The van der Waals surface area contributed by atoms with Crippen LogP contribution in [0.15, 0.2) is 58.6 Å². The van der Waals surface area contributed by atoms with Crippen molar-refractivity contribution in [3.05, 3.63) is 70.4 Å². The molecule has 10 nitrogen and oxygen atoms in total. The molecular formula is C28H26F3N5O5S. The van der Waals surface area contributed by atoms with Gasteiger partial charge in [-0.05, 0) is 61.6 Å². The lowest BCUT2D eigenvalue weighted by Crippen LogP contribution is -2.57. The zero-order valence-corrected chi connectivity index (χ0v) is 23.4. The van der Waals surface area contributed by atoms with Gasteiger partial charge in [-0.25, -0.2) is 22.9 Å². The fraction of sp³-hybridized carbons (Fsp3) is 0.357. The molecule has 2 heterocycles. The lowest BCUT2D eigenvalue weighted by molar-refractivity contribution is -0.137. The predicted molar refractivity (Wildman–Crippen MR) is 143 cm³/mol. The molecule has 2 aliphatic heterocycles. The Morgan fingerprint density at radius 1 is 1.10 bits per heavy atom. The SMILES string of the molecule is CC1=C(C#N)[C@@H](c2ccc(C#N)cc2S(C)(=O)=O)N(C(=O)N2CCC(CO)CC2)C(=O)N1c1cccc(C(F)(F)F)c1. The highest BCUT2D eigenvalue weighted by Crippen LogP contribution is 2.43. The second-order valence-corrected chi connectivity index (χ2v) is 12.1. The third-order valence-corrected chi connectivity index (χ3v) is 8.54. The van der Waals surface area contributed by atoms with Gasteiger partial charge in [-0.15, -0.1) is 0 Å². The summed E-state index contributed by atoms with van der Waals surface area (Å²) in [7, 11) is -4.07. The number of rotatable bonds is 4. The molecule has 0 spiro atoms. The molecule has 1 N–H and O–H groups in total. The van der Waals surface area contributed by atoms with Crippen LogP contribution in [0.5, 0.6) is 0 Å². The minimum atomic E-state index is -4.74. The number of nitrogens with zero attached hydrogens (tertiary/aromatic N) is 5. The number of urea groups is 2. The van der Waals surface area contributed by atoms with Gasteiger partial charge < -0.3 is 10.0 Å². The Balaban J connectivity index is 1.97. The standard InChI is InChI=1S/C28H26F3N5O5S/c1-17-23(15-33)25(22-7-6-19(14-32)12-24(22)42(2,40)41)36(26(38)34-10-8-18(16-37)9-11-34)27(39)35(17)21-5-3-4-20(13-21)28(29,30)31/h3-7,12-13,18,25,37H,8-11,16H2,1-2H3/t25-/m1/s1. The van der Waals surface area contributed by atoms with E-state index in [9.17, 15) is 46.8 Å². The van der Waals surface area contributed by atoms with Gasteiger partial charge >= 0.3 is 18.2 Å². The molecule has 4 rings (SSSR count). The van der Waals surface area contributed by atoms with Crippen LogP contribution >= 0.6 is 0 Å². The van der Waals surface area contributed by atoms with Crippen molar-refractivity contribution in [1.82, 2.24) is 9.80 Å². The summed E-state index contributed by atoms with van der Waals surface area (Å²) in [6.07, 6.45) is -3.04. The number of benzene rings is 2. The smallest absolute Gasteiger partial charge is 0.396 e. The summed E-state index contributed by atoms with van der Waals surface area (Å²) in [6, 6.07) is 7.69. The molecule has 14 heteroatoms. The van der Waals surface area contributed by atoms with E-state index in [1.54, 1.807) is 0 Å². The molecule has 0 radical (unpaired) electrons. The van der Waals surface area contributed by atoms with E-state index in [1.165, 1.54) is 30.0 Å². The quantitative estimate of drug-likeness (QED) is 0.540. The van der Waals surface area contributed by atoms with Crippen molar-refractivity contribution in [3.63, 3.8) is 0 Å². The number of allylic oxidation sites excluding steroid dienone is 1. The molecule has 0 bridgehead atoms. The lowest BCUT2D eigenvalue weighted by atomic mass is 9.92. The molecule has 0 unspecified atom stereocenters. The average molecular weight is 602 g/mol. The maximum Gasteiger partial charge on any atom is 0.416 e. The first-order chi connectivity index (χ1) is 19.7. The summed E-state index contributed by atoms with van der Waals surface area (Å²) < 4.78 is 66.3. The Kier molecular flexibility index (Phi) is 8.34. The third-order valence-electron chi connectivity index (χ3n) is 7.39. The van der Waals surface area contributed by atoms with Gasteiger partial charge in [0.15, 0.2) is 9.84 Å². The van der Waals surface area contributed by atoms with Crippen LogP contribution in [0.25, 0.3) is 0 Å². The van der Waals surface area contributed by atoms with E-state index in [0.717, 1.165) is 35.4 Å². The first-order valence-corrected chi connectivity index (χ1v) is 14.7. The highest BCUT2D eigenvalue weighted by Gasteiger charge is 2.47. The number of carbonyl (C=O) groups excluding carboxylic acids is 2. The van der Waals surface area contributed by atoms with Gasteiger partial charge in [0.05, 0.1) is 39.4 Å². The molecule has 0 aromatic heterocycles. The molecular weight excluding hydrogens is 575 g/mol. The summed E-state index contributed by atoms with van der Waals surface area (Å²) in [5.41, 5.74) is -1.80. The van der Waals surface area contributed by atoms with Gasteiger partial charge in [-0.3, -0.25) is 4.90 Å². The summed E-state index contributed by atoms with van der Waals surface area (Å²) in [5.74, 6) is -0.0734. The van der Waals surface area contributed by atoms with Crippen molar-refractivity contribution in [1.29, 1.82) is 10.5 Å². The molecule has 2 aromatic rings. The topological polar surface area (TPSA) is 146 Å². The molecule has 42 heavy (non-hydrogen) atoms. The number of hydrogen-bond donors (Lipinski definition) is 1. The molecule has 4 amide bonds. The number of carbonyl (C=O) groups is 2. The van der Waals surface area contributed by atoms with Crippen molar-refractivity contribution in [2.24, 2.45) is 5.92 Å². The third kappa shape index (κ3) is 5.68. The van der Waals surface area contributed by atoms with Gasteiger partial charge in [-0.1, -0.05) is 12.1 Å². The van der Waals surface area contributed by atoms with Crippen LogP contribution in [0.3, 0.4) is 0 Å².